The number of benzene rings is 1. The van der Waals surface area contributed by atoms with Gasteiger partial charge in [0.1, 0.15) is 11.1 Å². The molecule has 0 bridgehead atoms. The molecule has 0 aliphatic carbocycles. The Hall–Kier alpha value is -2.12. The molecule has 3 nitrogen and oxygen atoms in total. The Balaban J connectivity index is 2.02. The fourth-order valence-electron chi connectivity index (χ4n) is 2.31. The molecule has 0 saturated carbocycles. The van der Waals surface area contributed by atoms with Crippen LogP contribution in [0.1, 0.15) is 49.4 Å². The molecular weight excluding hydrogens is 304 g/mol. The van der Waals surface area contributed by atoms with Gasteiger partial charge >= 0.3 is 0 Å². The molecule has 1 N–H and O–H groups in total. The van der Waals surface area contributed by atoms with Crippen molar-refractivity contribution in [1.82, 2.24) is 0 Å². The van der Waals surface area contributed by atoms with Crippen molar-refractivity contribution < 1.29 is 4.79 Å². The van der Waals surface area contributed by atoms with Gasteiger partial charge in [-0.15, -0.1) is 11.3 Å². The number of nitriles is 1. The van der Waals surface area contributed by atoms with E-state index >= 15 is 0 Å². The average molecular weight is 326 g/mol. The molecular formula is C19H22N2OS. The molecule has 120 valence electrons. The molecule has 2 rings (SSSR count). The molecule has 0 unspecified atom stereocenters. The molecule has 0 spiro atoms. The van der Waals surface area contributed by atoms with Crippen LogP contribution in [0.3, 0.4) is 0 Å². The Morgan fingerprint density at radius 1 is 1.26 bits per heavy atom. The third-order valence-corrected chi connectivity index (χ3v) is 4.62. The van der Waals surface area contributed by atoms with Gasteiger partial charge in [-0.3, -0.25) is 4.79 Å². The predicted octanol–water partition coefficient (Wildman–Crippen LogP) is 4.80. The van der Waals surface area contributed by atoms with E-state index in [0.717, 1.165) is 11.1 Å². The fraction of sp³-hybridized carbons (Fsp3) is 0.368. The number of hydrogen-bond acceptors (Lipinski definition) is 3. The third kappa shape index (κ3) is 4.43. The first kappa shape index (κ1) is 17.2. The number of carbonyl (C=O) groups is 1. The van der Waals surface area contributed by atoms with E-state index in [9.17, 15) is 10.1 Å². The summed E-state index contributed by atoms with van der Waals surface area (Å²) in [5.41, 5.74) is 3.83. The fourth-order valence-corrected chi connectivity index (χ4v) is 3.47. The van der Waals surface area contributed by atoms with Crippen LogP contribution in [0.4, 0.5) is 5.00 Å². The molecule has 1 aromatic carbocycles. The van der Waals surface area contributed by atoms with Crippen LogP contribution in [0.25, 0.3) is 0 Å². The summed E-state index contributed by atoms with van der Waals surface area (Å²) in [6.07, 6.45) is 1.11. The SMILES string of the molecule is Cc1ccc(CCC(=O)Nc2scc(C(C)(C)C)c2C#N)cc1. The van der Waals surface area contributed by atoms with E-state index in [2.05, 4.69) is 44.3 Å². The van der Waals surface area contributed by atoms with Crippen LogP contribution in [0, 0.1) is 18.3 Å². The van der Waals surface area contributed by atoms with E-state index < -0.39 is 0 Å². The zero-order valence-electron chi connectivity index (χ0n) is 14.1. The number of thiophene rings is 1. The van der Waals surface area contributed by atoms with E-state index in [0.29, 0.717) is 23.4 Å². The highest BCUT2D eigenvalue weighted by molar-refractivity contribution is 7.14. The highest BCUT2D eigenvalue weighted by Crippen LogP contribution is 2.35. The van der Waals surface area contributed by atoms with Crippen molar-refractivity contribution in [1.29, 1.82) is 5.26 Å². The lowest BCUT2D eigenvalue weighted by molar-refractivity contribution is -0.116. The van der Waals surface area contributed by atoms with Crippen LogP contribution in [-0.4, -0.2) is 5.91 Å². The number of rotatable bonds is 4. The number of anilines is 1. The van der Waals surface area contributed by atoms with Crippen LogP contribution in [0.2, 0.25) is 0 Å². The monoisotopic (exact) mass is 326 g/mol. The summed E-state index contributed by atoms with van der Waals surface area (Å²) in [5.74, 6) is -0.0515. The van der Waals surface area contributed by atoms with Crippen molar-refractivity contribution in [3.05, 3.63) is 51.9 Å². The summed E-state index contributed by atoms with van der Waals surface area (Å²) in [4.78, 5) is 12.2. The Morgan fingerprint density at radius 2 is 1.91 bits per heavy atom. The van der Waals surface area contributed by atoms with Crippen molar-refractivity contribution in [3.8, 4) is 6.07 Å². The quantitative estimate of drug-likeness (QED) is 0.877. The summed E-state index contributed by atoms with van der Waals surface area (Å²) < 4.78 is 0. The molecule has 0 aliphatic rings. The summed E-state index contributed by atoms with van der Waals surface area (Å²) in [6, 6.07) is 10.4. The summed E-state index contributed by atoms with van der Waals surface area (Å²) >= 11 is 1.43. The lowest BCUT2D eigenvalue weighted by Crippen LogP contribution is -2.14. The number of nitrogens with one attached hydrogen (secondary N) is 1. The molecule has 23 heavy (non-hydrogen) atoms. The van der Waals surface area contributed by atoms with Crippen LogP contribution in [0.15, 0.2) is 29.6 Å². The van der Waals surface area contributed by atoms with Crippen molar-refractivity contribution in [3.63, 3.8) is 0 Å². The predicted molar refractivity (Wildman–Crippen MR) is 95.9 cm³/mol. The van der Waals surface area contributed by atoms with Gasteiger partial charge in [-0.2, -0.15) is 5.26 Å². The van der Waals surface area contributed by atoms with Gasteiger partial charge in [-0.25, -0.2) is 0 Å². The maximum atomic E-state index is 12.2. The van der Waals surface area contributed by atoms with Crippen LogP contribution < -0.4 is 5.32 Å². The maximum Gasteiger partial charge on any atom is 0.225 e. The van der Waals surface area contributed by atoms with Crippen molar-refractivity contribution >= 4 is 22.2 Å². The van der Waals surface area contributed by atoms with E-state index in [-0.39, 0.29) is 11.3 Å². The Bertz CT molecular complexity index is 730. The second-order valence-corrected chi connectivity index (χ2v) is 7.63. The van der Waals surface area contributed by atoms with E-state index in [4.69, 9.17) is 0 Å². The summed E-state index contributed by atoms with van der Waals surface area (Å²) in [5, 5.41) is 14.9. The first-order valence-electron chi connectivity index (χ1n) is 7.68. The highest BCUT2D eigenvalue weighted by atomic mass is 32.1. The van der Waals surface area contributed by atoms with Gasteiger partial charge in [0.25, 0.3) is 0 Å². The smallest absolute Gasteiger partial charge is 0.225 e. The van der Waals surface area contributed by atoms with E-state index in [1.807, 2.05) is 24.4 Å². The number of nitrogens with zero attached hydrogens (tertiary/aromatic N) is 1. The van der Waals surface area contributed by atoms with Gasteiger partial charge in [0.05, 0.1) is 5.56 Å². The topological polar surface area (TPSA) is 52.9 Å². The molecule has 1 amide bonds. The number of hydrogen-bond donors (Lipinski definition) is 1. The molecule has 2 aromatic rings. The molecule has 0 fully saturated rings. The highest BCUT2D eigenvalue weighted by Gasteiger charge is 2.23. The van der Waals surface area contributed by atoms with Gasteiger partial charge in [0, 0.05) is 6.42 Å². The molecule has 0 atom stereocenters. The van der Waals surface area contributed by atoms with Gasteiger partial charge in [-0.05, 0) is 35.3 Å². The van der Waals surface area contributed by atoms with Gasteiger partial charge in [0.2, 0.25) is 5.91 Å². The van der Waals surface area contributed by atoms with E-state index in [1.54, 1.807) is 0 Å². The minimum atomic E-state index is -0.105. The standard InChI is InChI=1S/C19H22N2OS/c1-13-5-7-14(8-6-13)9-10-17(22)21-18-15(11-20)16(12-23-18)19(2,3)4/h5-8,12H,9-10H2,1-4H3,(H,21,22). The first-order valence-corrected chi connectivity index (χ1v) is 8.56. The van der Waals surface area contributed by atoms with Gasteiger partial charge in [-0.1, -0.05) is 50.6 Å². The molecule has 0 radical (unpaired) electrons. The molecule has 0 aliphatic heterocycles. The number of amides is 1. The van der Waals surface area contributed by atoms with Crippen LogP contribution in [-0.2, 0) is 16.6 Å². The summed E-state index contributed by atoms with van der Waals surface area (Å²) in [7, 11) is 0. The van der Waals surface area contributed by atoms with Crippen molar-refractivity contribution in [2.75, 3.05) is 5.32 Å². The second kappa shape index (κ2) is 6.97. The minimum absolute atomic E-state index is 0.0515. The normalized spacial score (nSPS) is 11.1. The van der Waals surface area contributed by atoms with Crippen molar-refractivity contribution in [2.24, 2.45) is 0 Å². The number of carbonyl (C=O) groups excluding carboxylic acids is 1. The van der Waals surface area contributed by atoms with Crippen LogP contribution in [0.5, 0.6) is 0 Å². The molecule has 4 heteroatoms. The zero-order valence-corrected chi connectivity index (χ0v) is 14.9. The summed E-state index contributed by atoms with van der Waals surface area (Å²) in [6.45, 7) is 8.25. The Labute approximate surface area is 142 Å². The molecule has 0 saturated heterocycles. The lowest BCUT2D eigenvalue weighted by Gasteiger charge is -2.17. The maximum absolute atomic E-state index is 12.2. The minimum Gasteiger partial charge on any atom is -0.317 e. The van der Waals surface area contributed by atoms with E-state index in [1.165, 1.54) is 16.9 Å². The average Bonchev–Trinajstić information content (AvgIpc) is 2.89. The largest absolute Gasteiger partial charge is 0.317 e. The third-order valence-electron chi connectivity index (χ3n) is 3.73. The second-order valence-electron chi connectivity index (χ2n) is 6.75. The Morgan fingerprint density at radius 3 is 2.48 bits per heavy atom. The number of aryl methyl sites for hydroxylation is 2. The Kier molecular flexibility index (Phi) is 5.23. The van der Waals surface area contributed by atoms with Crippen LogP contribution >= 0.6 is 11.3 Å². The molecule has 1 heterocycles. The van der Waals surface area contributed by atoms with Crippen molar-refractivity contribution in [2.45, 2.75) is 46.0 Å². The van der Waals surface area contributed by atoms with Gasteiger partial charge in [0.15, 0.2) is 0 Å². The first-order chi connectivity index (χ1) is 10.8. The zero-order chi connectivity index (χ0) is 17.0. The van der Waals surface area contributed by atoms with Gasteiger partial charge < -0.3 is 5.32 Å². The lowest BCUT2D eigenvalue weighted by atomic mass is 9.86. The molecule has 1 aromatic heterocycles.